The molecule has 7 heteroatoms. The Balaban J connectivity index is 0.00000208. The van der Waals surface area contributed by atoms with Crippen molar-refractivity contribution >= 4 is 35.5 Å². The number of nitrogens with two attached hydrogens (primary N) is 1. The molecule has 0 aliphatic heterocycles. The Morgan fingerprint density at radius 3 is 2.71 bits per heavy atom. The summed E-state index contributed by atoms with van der Waals surface area (Å²) in [6.45, 7) is 0.481. The van der Waals surface area contributed by atoms with Gasteiger partial charge in [0.15, 0.2) is 0 Å². The lowest BCUT2D eigenvalue weighted by molar-refractivity contribution is 0.961. The summed E-state index contributed by atoms with van der Waals surface area (Å²) in [5, 5.41) is 5.17. The second kappa shape index (κ2) is 8.59. The predicted molar refractivity (Wildman–Crippen MR) is 99.3 cm³/mol. The summed E-state index contributed by atoms with van der Waals surface area (Å²) < 4.78 is 0. The molecule has 3 aromatic rings. The molecule has 0 aliphatic carbocycles. The van der Waals surface area contributed by atoms with Crippen LogP contribution in [-0.2, 0) is 6.54 Å². The van der Waals surface area contributed by atoms with Crippen molar-refractivity contribution in [1.82, 2.24) is 15.4 Å². The third-order valence-electron chi connectivity index (χ3n) is 3.25. The highest BCUT2D eigenvalue weighted by atomic mass is 35.5. The first-order chi connectivity index (χ1) is 11.3. The van der Waals surface area contributed by atoms with Gasteiger partial charge in [-0.3, -0.25) is 9.97 Å². The number of fused-ring (bicyclic) bond motifs is 1. The van der Waals surface area contributed by atoms with Crippen molar-refractivity contribution in [3.63, 3.8) is 0 Å². The van der Waals surface area contributed by atoms with Crippen molar-refractivity contribution < 1.29 is 0 Å². The van der Waals surface area contributed by atoms with E-state index in [1.54, 1.807) is 24.8 Å². The van der Waals surface area contributed by atoms with E-state index in [-0.39, 0.29) is 18.4 Å². The number of guanidine groups is 1. The molecule has 122 valence electrons. The number of pyridine rings is 2. The highest BCUT2D eigenvalue weighted by molar-refractivity contribution is 5.98. The average molecular weight is 341 g/mol. The zero-order chi connectivity index (χ0) is 15.9. The van der Waals surface area contributed by atoms with Gasteiger partial charge in [-0.05, 0) is 29.8 Å². The number of hydrogen-bond donors (Lipinski definition) is 2. The van der Waals surface area contributed by atoms with Crippen molar-refractivity contribution in [2.45, 2.75) is 6.54 Å². The van der Waals surface area contributed by atoms with Gasteiger partial charge in [0.1, 0.15) is 0 Å². The Bertz CT molecular complexity index is 843. The number of hydrazone groups is 1. The van der Waals surface area contributed by atoms with Gasteiger partial charge in [0, 0.05) is 29.5 Å². The van der Waals surface area contributed by atoms with Gasteiger partial charge in [-0.25, -0.2) is 10.4 Å². The number of para-hydroxylation sites is 1. The zero-order valence-corrected chi connectivity index (χ0v) is 13.6. The van der Waals surface area contributed by atoms with E-state index in [0.29, 0.717) is 6.54 Å². The van der Waals surface area contributed by atoms with E-state index >= 15 is 0 Å². The van der Waals surface area contributed by atoms with Crippen molar-refractivity contribution in [3.8, 4) is 0 Å². The first-order valence-corrected chi connectivity index (χ1v) is 7.14. The van der Waals surface area contributed by atoms with Gasteiger partial charge < -0.3 is 5.73 Å². The van der Waals surface area contributed by atoms with Crippen molar-refractivity contribution in [3.05, 3.63) is 72.2 Å². The third kappa shape index (κ3) is 4.50. The lowest BCUT2D eigenvalue weighted by atomic mass is 10.1. The van der Waals surface area contributed by atoms with Crippen LogP contribution in [-0.4, -0.2) is 22.1 Å². The van der Waals surface area contributed by atoms with Gasteiger partial charge >= 0.3 is 0 Å². The van der Waals surface area contributed by atoms with Crippen molar-refractivity contribution in [2.24, 2.45) is 15.8 Å². The summed E-state index contributed by atoms with van der Waals surface area (Å²) in [6, 6.07) is 13.6. The van der Waals surface area contributed by atoms with Crippen LogP contribution in [0, 0.1) is 0 Å². The molecule has 0 saturated carbocycles. The molecule has 0 amide bonds. The van der Waals surface area contributed by atoms with Gasteiger partial charge in [-0.15, -0.1) is 12.4 Å². The number of rotatable bonds is 4. The molecule has 24 heavy (non-hydrogen) atoms. The molecule has 3 N–H and O–H groups in total. The van der Waals surface area contributed by atoms with E-state index in [4.69, 9.17) is 5.73 Å². The minimum Gasteiger partial charge on any atom is -0.369 e. The van der Waals surface area contributed by atoms with Gasteiger partial charge in [-0.1, -0.05) is 18.2 Å². The SMILES string of the molecule is Cl.NC(=NCc1ccncc1)N/N=C/c1ccnc2ccccc12. The number of nitrogens with one attached hydrogen (secondary N) is 1. The largest absolute Gasteiger partial charge is 0.369 e. The maximum Gasteiger partial charge on any atom is 0.209 e. The molecule has 0 saturated heterocycles. The van der Waals surface area contributed by atoms with Crippen molar-refractivity contribution in [2.75, 3.05) is 0 Å². The van der Waals surface area contributed by atoms with E-state index in [1.807, 2.05) is 42.5 Å². The van der Waals surface area contributed by atoms with Crippen LogP contribution in [0.25, 0.3) is 10.9 Å². The zero-order valence-electron chi connectivity index (χ0n) is 12.8. The molecular formula is C17H17ClN6. The Hall–Kier alpha value is -2.99. The summed E-state index contributed by atoms with van der Waals surface area (Å²) in [4.78, 5) is 12.5. The number of aromatic nitrogens is 2. The normalized spacial score (nSPS) is 11.4. The molecule has 2 heterocycles. The van der Waals surface area contributed by atoms with Crippen molar-refractivity contribution in [1.29, 1.82) is 0 Å². The summed E-state index contributed by atoms with van der Waals surface area (Å²) in [5.74, 6) is 0.261. The molecule has 0 fully saturated rings. The van der Waals surface area contributed by atoms with Gasteiger partial charge in [0.25, 0.3) is 0 Å². The maximum absolute atomic E-state index is 5.80. The minimum absolute atomic E-state index is 0. The summed E-state index contributed by atoms with van der Waals surface area (Å²) in [7, 11) is 0. The fourth-order valence-corrected chi connectivity index (χ4v) is 2.10. The van der Waals surface area contributed by atoms with Gasteiger partial charge in [0.2, 0.25) is 5.96 Å². The molecule has 0 spiro atoms. The van der Waals surface area contributed by atoms with E-state index in [2.05, 4.69) is 25.5 Å². The van der Waals surface area contributed by atoms with Gasteiger partial charge in [0.05, 0.1) is 18.3 Å². The first kappa shape index (κ1) is 17.4. The number of benzene rings is 1. The molecular weight excluding hydrogens is 324 g/mol. The summed E-state index contributed by atoms with van der Waals surface area (Å²) in [5.41, 5.74) is 11.4. The van der Waals surface area contributed by atoms with E-state index < -0.39 is 0 Å². The van der Waals surface area contributed by atoms with Crippen LogP contribution in [0.2, 0.25) is 0 Å². The van der Waals surface area contributed by atoms with E-state index in [0.717, 1.165) is 22.0 Å². The first-order valence-electron chi connectivity index (χ1n) is 7.14. The van der Waals surface area contributed by atoms with Crippen LogP contribution in [0.3, 0.4) is 0 Å². The second-order valence-electron chi connectivity index (χ2n) is 4.84. The van der Waals surface area contributed by atoms with E-state index in [1.165, 1.54) is 0 Å². The predicted octanol–water partition coefficient (Wildman–Crippen LogP) is 2.49. The third-order valence-corrected chi connectivity index (χ3v) is 3.25. The Kier molecular flexibility index (Phi) is 6.22. The Morgan fingerprint density at radius 1 is 1.08 bits per heavy atom. The smallest absolute Gasteiger partial charge is 0.209 e. The molecule has 0 aliphatic rings. The number of aliphatic imine (C=N–C) groups is 1. The quantitative estimate of drug-likeness (QED) is 0.434. The summed E-state index contributed by atoms with van der Waals surface area (Å²) >= 11 is 0. The Labute approximate surface area is 146 Å². The molecule has 1 aromatic carbocycles. The maximum atomic E-state index is 5.80. The van der Waals surface area contributed by atoms with Crippen LogP contribution < -0.4 is 11.2 Å². The number of hydrogen-bond acceptors (Lipinski definition) is 4. The van der Waals surface area contributed by atoms with Crippen LogP contribution in [0.4, 0.5) is 0 Å². The number of halogens is 1. The molecule has 0 radical (unpaired) electrons. The minimum atomic E-state index is 0. The van der Waals surface area contributed by atoms with Crippen LogP contribution in [0.1, 0.15) is 11.1 Å². The lowest BCUT2D eigenvalue weighted by Gasteiger charge is -2.02. The lowest BCUT2D eigenvalue weighted by Crippen LogP contribution is -2.27. The molecule has 0 bridgehead atoms. The fourth-order valence-electron chi connectivity index (χ4n) is 2.10. The highest BCUT2D eigenvalue weighted by Gasteiger charge is 1.98. The molecule has 2 aromatic heterocycles. The number of nitrogens with zero attached hydrogens (tertiary/aromatic N) is 4. The topological polar surface area (TPSA) is 88.5 Å². The van der Waals surface area contributed by atoms with Crippen LogP contribution in [0.15, 0.2) is 71.1 Å². The monoisotopic (exact) mass is 340 g/mol. The molecule has 6 nitrogen and oxygen atoms in total. The standard InChI is InChI=1S/C17H16N6.ClH/c18-17(21-11-13-5-8-19-9-6-13)23-22-12-14-7-10-20-16-4-2-1-3-15(14)16;/h1-10,12H,11H2,(H3,18,21,23);1H/b22-12+;. The Morgan fingerprint density at radius 2 is 1.88 bits per heavy atom. The summed E-state index contributed by atoms with van der Waals surface area (Å²) in [6.07, 6.45) is 6.91. The van der Waals surface area contributed by atoms with E-state index in [9.17, 15) is 0 Å². The van der Waals surface area contributed by atoms with Gasteiger partial charge in [-0.2, -0.15) is 5.10 Å². The van der Waals surface area contributed by atoms with Crippen LogP contribution >= 0.6 is 12.4 Å². The van der Waals surface area contributed by atoms with Crippen LogP contribution in [0.5, 0.6) is 0 Å². The molecule has 3 rings (SSSR count). The highest BCUT2D eigenvalue weighted by Crippen LogP contribution is 2.13. The molecule has 0 unspecified atom stereocenters. The molecule has 0 atom stereocenters. The fraction of sp³-hybridized carbons (Fsp3) is 0.0588. The second-order valence-corrected chi connectivity index (χ2v) is 4.84. The average Bonchev–Trinajstić information content (AvgIpc) is 2.61.